The summed E-state index contributed by atoms with van der Waals surface area (Å²) < 4.78 is 6.74. The maximum Gasteiger partial charge on any atom is 0.194 e. The van der Waals surface area contributed by atoms with Gasteiger partial charge in [0.05, 0.1) is 13.3 Å². The van der Waals surface area contributed by atoms with E-state index in [-0.39, 0.29) is 5.78 Å². The lowest BCUT2D eigenvalue weighted by Crippen LogP contribution is -2.02. The monoisotopic (exact) mass is 369 g/mol. The first-order chi connectivity index (χ1) is 8.60. The number of aromatic nitrogens is 1. The van der Waals surface area contributed by atoms with Gasteiger partial charge in [-0.05, 0) is 24.3 Å². The molecule has 1 aromatic carbocycles. The molecular formula is C13H9Br2NO2. The number of methoxy groups -OCH3 is 1. The summed E-state index contributed by atoms with van der Waals surface area (Å²) in [6.45, 7) is 0. The zero-order valence-electron chi connectivity index (χ0n) is 9.48. The van der Waals surface area contributed by atoms with Crippen LogP contribution in [-0.2, 0) is 0 Å². The second-order valence-electron chi connectivity index (χ2n) is 3.60. The molecule has 0 saturated heterocycles. The normalized spacial score (nSPS) is 10.2. The van der Waals surface area contributed by atoms with Crippen LogP contribution in [0.3, 0.4) is 0 Å². The smallest absolute Gasteiger partial charge is 0.194 e. The van der Waals surface area contributed by atoms with Gasteiger partial charge in [0.1, 0.15) is 5.75 Å². The molecule has 1 aromatic heterocycles. The number of nitrogens with zero attached hydrogens (tertiary/aromatic N) is 1. The summed E-state index contributed by atoms with van der Waals surface area (Å²) in [5.41, 5.74) is 1.09. The minimum Gasteiger partial charge on any atom is -0.495 e. The fourth-order valence-electron chi connectivity index (χ4n) is 1.51. The molecule has 2 rings (SSSR count). The third kappa shape index (κ3) is 2.97. The van der Waals surface area contributed by atoms with Crippen molar-refractivity contribution in [1.82, 2.24) is 4.98 Å². The topological polar surface area (TPSA) is 39.2 Å². The van der Waals surface area contributed by atoms with E-state index in [9.17, 15) is 4.79 Å². The number of hydrogen-bond acceptors (Lipinski definition) is 3. The highest BCUT2D eigenvalue weighted by molar-refractivity contribution is 9.11. The van der Waals surface area contributed by atoms with Gasteiger partial charge in [0.15, 0.2) is 5.78 Å². The Morgan fingerprint density at radius 1 is 1.06 bits per heavy atom. The predicted octanol–water partition coefficient (Wildman–Crippen LogP) is 3.85. The van der Waals surface area contributed by atoms with Crippen LogP contribution in [0.25, 0.3) is 0 Å². The lowest BCUT2D eigenvalue weighted by molar-refractivity contribution is 0.103. The molecule has 0 radical (unpaired) electrons. The van der Waals surface area contributed by atoms with Crippen LogP contribution >= 0.6 is 31.9 Å². The van der Waals surface area contributed by atoms with Crippen LogP contribution < -0.4 is 4.74 Å². The van der Waals surface area contributed by atoms with Crippen molar-refractivity contribution in [3.8, 4) is 5.75 Å². The van der Waals surface area contributed by atoms with Crippen LogP contribution in [-0.4, -0.2) is 17.9 Å². The summed E-state index contributed by atoms with van der Waals surface area (Å²) in [6, 6.07) is 7.09. The molecule has 0 fully saturated rings. The number of carbonyl (C=O) groups is 1. The van der Waals surface area contributed by atoms with Gasteiger partial charge < -0.3 is 4.74 Å². The van der Waals surface area contributed by atoms with Crippen molar-refractivity contribution in [3.63, 3.8) is 0 Å². The van der Waals surface area contributed by atoms with Crippen molar-refractivity contribution in [2.45, 2.75) is 0 Å². The Kier molecular flexibility index (Phi) is 4.14. The first-order valence-corrected chi connectivity index (χ1v) is 6.68. The fourth-order valence-corrected chi connectivity index (χ4v) is 2.80. The standard InChI is InChI=1S/C13H9Br2NO2/c1-18-12-4-9(6-16-7-12)13(17)8-2-10(14)5-11(15)3-8/h2-7H,1H3. The van der Waals surface area contributed by atoms with Crippen molar-refractivity contribution >= 4 is 37.6 Å². The Balaban J connectivity index is 2.41. The van der Waals surface area contributed by atoms with Gasteiger partial charge in [-0.15, -0.1) is 0 Å². The Hall–Kier alpha value is -1.20. The number of halogens is 2. The van der Waals surface area contributed by atoms with Crippen LogP contribution in [0.15, 0.2) is 45.6 Å². The molecule has 0 amide bonds. The van der Waals surface area contributed by atoms with Gasteiger partial charge >= 0.3 is 0 Å². The Labute approximate surface area is 121 Å². The molecular weight excluding hydrogens is 362 g/mol. The van der Waals surface area contributed by atoms with Crippen molar-refractivity contribution in [3.05, 3.63) is 56.7 Å². The molecule has 0 spiro atoms. The van der Waals surface area contributed by atoms with E-state index in [1.54, 1.807) is 31.5 Å². The Morgan fingerprint density at radius 2 is 1.72 bits per heavy atom. The lowest BCUT2D eigenvalue weighted by Gasteiger charge is -2.04. The summed E-state index contributed by atoms with van der Waals surface area (Å²) in [4.78, 5) is 16.3. The first kappa shape index (κ1) is 13.2. The van der Waals surface area contributed by atoms with Crippen LogP contribution in [0.2, 0.25) is 0 Å². The Bertz CT molecular complexity index is 579. The van der Waals surface area contributed by atoms with E-state index >= 15 is 0 Å². The van der Waals surface area contributed by atoms with Crippen molar-refractivity contribution in [2.75, 3.05) is 7.11 Å². The van der Waals surface area contributed by atoms with Crippen LogP contribution in [0.5, 0.6) is 5.75 Å². The van der Waals surface area contributed by atoms with E-state index in [1.165, 1.54) is 6.20 Å². The molecule has 92 valence electrons. The maximum absolute atomic E-state index is 12.3. The highest BCUT2D eigenvalue weighted by atomic mass is 79.9. The van der Waals surface area contributed by atoms with Gasteiger partial charge in [0.25, 0.3) is 0 Å². The number of benzene rings is 1. The molecule has 0 unspecified atom stereocenters. The van der Waals surface area contributed by atoms with E-state index in [0.717, 1.165) is 8.95 Å². The second-order valence-corrected chi connectivity index (χ2v) is 5.43. The van der Waals surface area contributed by atoms with Crippen molar-refractivity contribution in [2.24, 2.45) is 0 Å². The van der Waals surface area contributed by atoms with Gasteiger partial charge in [-0.3, -0.25) is 9.78 Å². The molecule has 1 heterocycles. The zero-order chi connectivity index (χ0) is 13.1. The van der Waals surface area contributed by atoms with E-state index in [4.69, 9.17) is 4.74 Å². The van der Waals surface area contributed by atoms with E-state index < -0.39 is 0 Å². The van der Waals surface area contributed by atoms with Crippen molar-refractivity contribution < 1.29 is 9.53 Å². The first-order valence-electron chi connectivity index (χ1n) is 5.10. The highest BCUT2D eigenvalue weighted by Gasteiger charge is 2.11. The van der Waals surface area contributed by atoms with Crippen LogP contribution in [0.4, 0.5) is 0 Å². The SMILES string of the molecule is COc1cncc(C(=O)c2cc(Br)cc(Br)c2)c1. The zero-order valence-corrected chi connectivity index (χ0v) is 12.7. The van der Waals surface area contributed by atoms with E-state index in [1.807, 2.05) is 6.07 Å². The molecule has 2 aromatic rings. The third-order valence-electron chi connectivity index (χ3n) is 2.34. The molecule has 0 atom stereocenters. The maximum atomic E-state index is 12.3. The summed E-state index contributed by atoms with van der Waals surface area (Å²) in [5.74, 6) is 0.471. The third-order valence-corrected chi connectivity index (χ3v) is 3.25. The summed E-state index contributed by atoms with van der Waals surface area (Å²) in [7, 11) is 1.54. The minimum atomic E-state index is -0.0941. The highest BCUT2D eigenvalue weighted by Crippen LogP contribution is 2.22. The minimum absolute atomic E-state index is 0.0941. The molecule has 0 aliphatic carbocycles. The largest absolute Gasteiger partial charge is 0.495 e. The molecule has 0 aliphatic heterocycles. The van der Waals surface area contributed by atoms with Gasteiger partial charge in [0.2, 0.25) is 0 Å². The van der Waals surface area contributed by atoms with Gasteiger partial charge in [-0.2, -0.15) is 0 Å². The lowest BCUT2D eigenvalue weighted by atomic mass is 10.1. The van der Waals surface area contributed by atoms with Crippen molar-refractivity contribution in [1.29, 1.82) is 0 Å². The fraction of sp³-hybridized carbons (Fsp3) is 0.0769. The molecule has 0 bridgehead atoms. The van der Waals surface area contributed by atoms with E-state index in [0.29, 0.717) is 16.9 Å². The number of ketones is 1. The Morgan fingerprint density at radius 3 is 2.33 bits per heavy atom. The number of hydrogen-bond donors (Lipinski definition) is 0. The molecule has 0 aliphatic rings. The number of pyridine rings is 1. The quantitative estimate of drug-likeness (QED) is 0.770. The van der Waals surface area contributed by atoms with Crippen LogP contribution in [0, 0.1) is 0 Å². The summed E-state index contributed by atoms with van der Waals surface area (Å²) in [6.07, 6.45) is 3.09. The van der Waals surface area contributed by atoms with Gasteiger partial charge in [0, 0.05) is 26.3 Å². The average Bonchev–Trinajstić information content (AvgIpc) is 2.37. The van der Waals surface area contributed by atoms with Gasteiger partial charge in [-0.1, -0.05) is 31.9 Å². The number of rotatable bonds is 3. The van der Waals surface area contributed by atoms with Crippen LogP contribution in [0.1, 0.15) is 15.9 Å². The molecule has 3 nitrogen and oxygen atoms in total. The second kappa shape index (κ2) is 5.63. The average molecular weight is 371 g/mol. The predicted molar refractivity (Wildman–Crippen MR) is 76.1 cm³/mol. The van der Waals surface area contributed by atoms with E-state index in [2.05, 4.69) is 36.8 Å². The summed E-state index contributed by atoms with van der Waals surface area (Å²) >= 11 is 6.72. The molecule has 18 heavy (non-hydrogen) atoms. The summed E-state index contributed by atoms with van der Waals surface area (Å²) in [5, 5.41) is 0. The molecule has 0 N–H and O–H groups in total. The molecule has 0 saturated carbocycles. The molecule has 5 heteroatoms. The number of carbonyl (C=O) groups excluding carboxylic acids is 1. The number of ether oxygens (including phenoxy) is 1. The van der Waals surface area contributed by atoms with Gasteiger partial charge in [-0.25, -0.2) is 0 Å².